The number of unbranched alkanes of at least 4 members (excludes halogenated alkanes) is 5. The molecule has 0 aromatic carbocycles. The lowest BCUT2D eigenvalue weighted by molar-refractivity contribution is 0.637. The molecular formula is C11H20S. The molecule has 0 aromatic rings. The van der Waals surface area contributed by atoms with Crippen LogP contribution >= 0.6 is 11.8 Å². The minimum Gasteiger partial charge on any atom is -0.152 e. The molecule has 1 atom stereocenters. The standard InChI is InChI=1S/C11H20S/c1-2-3-4-5-6-7-8-9-11-10-12-11/h8-9,11H,2-7,10H2,1H3. The smallest absolute Gasteiger partial charge is 0.0318 e. The first-order chi connectivity index (χ1) is 5.93. The molecule has 0 nitrogen and oxygen atoms in total. The molecule has 1 saturated heterocycles. The fourth-order valence-electron chi connectivity index (χ4n) is 1.28. The molecule has 0 bridgehead atoms. The lowest BCUT2D eigenvalue weighted by atomic mass is 10.1. The molecule has 0 saturated carbocycles. The third-order valence-corrected chi connectivity index (χ3v) is 3.06. The first-order valence-corrected chi connectivity index (χ1v) is 6.26. The summed E-state index contributed by atoms with van der Waals surface area (Å²) in [5.74, 6) is 1.37. The normalized spacial score (nSPS) is 21.9. The SMILES string of the molecule is CCCCCCCC=CC1CS1. The van der Waals surface area contributed by atoms with Gasteiger partial charge in [-0.3, -0.25) is 0 Å². The number of hydrogen-bond acceptors (Lipinski definition) is 1. The molecule has 1 heteroatoms. The van der Waals surface area contributed by atoms with Crippen LogP contribution in [0.4, 0.5) is 0 Å². The van der Waals surface area contributed by atoms with Gasteiger partial charge in [0.1, 0.15) is 0 Å². The van der Waals surface area contributed by atoms with E-state index in [1.807, 2.05) is 0 Å². The van der Waals surface area contributed by atoms with E-state index >= 15 is 0 Å². The van der Waals surface area contributed by atoms with Crippen molar-refractivity contribution in [2.45, 2.75) is 50.7 Å². The van der Waals surface area contributed by atoms with Crippen molar-refractivity contribution in [3.05, 3.63) is 12.2 Å². The zero-order valence-corrected chi connectivity index (χ0v) is 8.91. The van der Waals surface area contributed by atoms with Crippen molar-refractivity contribution < 1.29 is 0 Å². The van der Waals surface area contributed by atoms with Crippen LogP contribution in [-0.2, 0) is 0 Å². The average Bonchev–Trinajstić information content (AvgIpc) is 2.87. The predicted molar refractivity (Wildman–Crippen MR) is 58.8 cm³/mol. The maximum atomic E-state index is 2.38. The lowest BCUT2D eigenvalue weighted by Gasteiger charge is -1.95. The van der Waals surface area contributed by atoms with Gasteiger partial charge in [-0.2, -0.15) is 11.8 Å². The molecule has 0 aromatic heterocycles. The highest BCUT2D eigenvalue weighted by Crippen LogP contribution is 2.31. The van der Waals surface area contributed by atoms with Crippen LogP contribution in [0.15, 0.2) is 12.2 Å². The Morgan fingerprint density at radius 2 is 2.00 bits per heavy atom. The second kappa shape index (κ2) is 6.59. The predicted octanol–water partition coefficient (Wildman–Crippen LogP) is 4.02. The third kappa shape index (κ3) is 5.70. The van der Waals surface area contributed by atoms with Gasteiger partial charge < -0.3 is 0 Å². The Morgan fingerprint density at radius 1 is 1.25 bits per heavy atom. The molecule has 12 heavy (non-hydrogen) atoms. The third-order valence-electron chi connectivity index (χ3n) is 2.18. The van der Waals surface area contributed by atoms with Gasteiger partial charge >= 0.3 is 0 Å². The maximum Gasteiger partial charge on any atom is 0.0318 e. The number of allylic oxidation sites excluding steroid dienone is 1. The van der Waals surface area contributed by atoms with Gasteiger partial charge in [0.2, 0.25) is 0 Å². The van der Waals surface area contributed by atoms with Gasteiger partial charge in [-0.25, -0.2) is 0 Å². The van der Waals surface area contributed by atoms with E-state index < -0.39 is 0 Å². The van der Waals surface area contributed by atoms with Crippen LogP contribution in [0.25, 0.3) is 0 Å². The Labute approximate surface area is 80.8 Å². The molecular weight excluding hydrogens is 164 g/mol. The molecule has 1 aliphatic rings. The van der Waals surface area contributed by atoms with Gasteiger partial charge in [-0.1, -0.05) is 44.8 Å². The van der Waals surface area contributed by atoms with Crippen molar-refractivity contribution in [1.82, 2.24) is 0 Å². The van der Waals surface area contributed by atoms with Crippen LogP contribution in [0, 0.1) is 0 Å². The summed E-state index contributed by atoms with van der Waals surface area (Å²) in [4.78, 5) is 0. The molecule has 0 radical (unpaired) electrons. The summed E-state index contributed by atoms with van der Waals surface area (Å²) in [6.45, 7) is 2.27. The molecule has 0 aliphatic carbocycles. The summed E-state index contributed by atoms with van der Waals surface area (Å²) in [6.07, 6.45) is 13.1. The largest absolute Gasteiger partial charge is 0.152 e. The zero-order valence-electron chi connectivity index (χ0n) is 8.09. The van der Waals surface area contributed by atoms with Crippen molar-refractivity contribution >= 4 is 11.8 Å². The highest BCUT2D eigenvalue weighted by molar-refractivity contribution is 8.07. The molecule has 1 unspecified atom stereocenters. The summed E-state index contributed by atoms with van der Waals surface area (Å²) in [5.41, 5.74) is 0. The van der Waals surface area contributed by atoms with Gasteiger partial charge in [0, 0.05) is 11.0 Å². The second-order valence-corrected chi connectivity index (χ2v) is 4.77. The molecule has 1 rings (SSSR count). The average molecular weight is 184 g/mol. The Morgan fingerprint density at radius 3 is 2.67 bits per heavy atom. The van der Waals surface area contributed by atoms with Crippen LogP contribution < -0.4 is 0 Å². The summed E-state index contributed by atoms with van der Waals surface area (Å²) in [5, 5.41) is 0.889. The monoisotopic (exact) mass is 184 g/mol. The van der Waals surface area contributed by atoms with Crippen LogP contribution in [0.2, 0.25) is 0 Å². The minimum atomic E-state index is 0.889. The highest BCUT2D eigenvalue weighted by atomic mass is 32.2. The van der Waals surface area contributed by atoms with E-state index in [1.165, 1.54) is 44.3 Å². The molecule has 1 fully saturated rings. The summed E-state index contributed by atoms with van der Waals surface area (Å²) < 4.78 is 0. The molecule has 0 spiro atoms. The first kappa shape index (κ1) is 10.2. The van der Waals surface area contributed by atoms with Crippen molar-refractivity contribution in [2.24, 2.45) is 0 Å². The molecule has 1 aliphatic heterocycles. The summed E-state index contributed by atoms with van der Waals surface area (Å²) in [6, 6.07) is 0. The van der Waals surface area contributed by atoms with Crippen LogP contribution in [0.5, 0.6) is 0 Å². The quantitative estimate of drug-likeness (QED) is 0.327. The van der Waals surface area contributed by atoms with Gasteiger partial charge in [-0.05, 0) is 12.8 Å². The van der Waals surface area contributed by atoms with Crippen molar-refractivity contribution in [2.75, 3.05) is 5.75 Å². The van der Waals surface area contributed by atoms with Crippen LogP contribution in [-0.4, -0.2) is 11.0 Å². The van der Waals surface area contributed by atoms with Crippen molar-refractivity contribution in [3.8, 4) is 0 Å². The second-order valence-electron chi connectivity index (χ2n) is 3.50. The van der Waals surface area contributed by atoms with E-state index in [2.05, 4.69) is 30.8 Å². The van der Waals surface area contributed by atoms with E-state index in [0.717, 1.165) is 5.25 Å². The number of rotatable bonds is 7. The molecule has 70 valence electrons. The number of hydrogen-bond donors (Lipinski definition) is 0. The Hall–Kier alpha value is 0.0900. The summed E-state index contributed by atoms with van der Waals surface area (Å²) in [7, 11) is 0. The van der Waals surface area contributed by atoms with Gasteiger partial charge in [-0.15, -0.1) is 0 Å². The van der Waals surface area contributed by atoms with E-state index in [-0.39, 0.29) is 0 Å². The lowest BCUT2D eigenvalue weighted by Crippen LogP contribution is -1.77. The molecule has 0 N–H and O–H groups in total. The fourth-order valence-corrected chi connectivity index (χ4v) is 1.72. The van der Waals surface area contributed by atoms with Gasteiger partial charge in [0.15, 0.2) is 0 Å². The maximum absolute atomic E-state index is 2.38. The minimum absolute atomic E-state index is 0.889. The molecule has 0 amide bonds. The van der Waals surface area contributed by atoms with E-state index in [4.69, 9.17) is 0 Å². The van der Waals surface area contributed by atoms with Gasteiger partial charge in [0.05, 0.1) is 0 Å². The Kier molecular flexibility index (Phi) is 5.59. The van der Waals surface area contributed by atoms with Crippen molar-refractivity contribution in [3.63, 3.8) is 0 Å². The van der Waals surface area contributed by atoms with Crippen LogP contribution in [0.3, 0.4) is 0 Å². The summed E-state index contributed by atoms with van der Waals surface area (Å²) >= 11 is 2.05. The van der Waals surface area contributed by atoms with E-state index in [0.29, 0.717) is 0 Å². The van der Waals surface area contributed by atoms with Crippen LogP contribution in [0.1, 0.15) is 45.4 Å². The zero-order chi connectivity index (χ0) is 8.65. The van der Waals surface area contributed by atoms with Gasteiger partial charge in [0.25, 0.3) is 0 Å². The van der Waals surface area contributed by atoms with E-state index in [9.17, 15) is 0 Å². The fraction of sp³-hybridized carbons (Fsp3) is 0.818. The topological polar surface area (TPSA) is 0 Å². The van der Waals surface area contributed by atoms with Crippen molar-refractivity contribution in [1.29, 1.82) is 0 Å². The van der Waals surface area contributed by atoms with E-state index in [1.54, 1.807) is 0 Å². The molecule has 1 heterocycles. The highest BCUT2D eigenvalue weighted by Gasteiger charge is 2.17. The number of thioether (sulfide) groups is 1. The first-order valence-electron chi connectivity index (χ1n) is 5.21. The Balaban J connectivity index is 1.75. The Bertz CT molecular complexity index is 125.